The predicted molar refractivity (Wildman–Crippen MR) is 123 cm³/mol. The molecule has 1 aromatic carbocycles. The molecule has 0 spiro atoms. The number of fused-ring (bicyclic) bond motifs is 1. The number of imide groups is 1. The van der Waals surface area contributed by atoms with E-state index in [1.807, 2.05) is 0 Å². The average Bonchev–Trinajstić information content (AvgIpc) is 3.27. The Bertz CT molecular complexity index is 992. The van der Waals surface area contributed by atoms with Crippen molar-refractivity contribution >= 4 is 11.9 Å². The zero-order valence-corrected chi connectivity index (χ0v) is 21.1. The number of ether oxygens (including phenoxy) is 2. The van der Waals surface area contributed by atoms with Crippen LogP contribution in [0.3, 0.4) is 0 Å². The number of amides is 3. The Labute approximate surface area is 211 Å². The van der Waals surface area contributed by atoms with Crippen LogP contribution in [0.5, 0.6) is 11.5 Å². The van der Waals surface area contributed by atoms with Crippen LogP contribution >= 0.6 is 0 Å². The first-order valence-electron chi connectivity index (χ1n) is 12.4. The van der Waals surface area contributed by atoms with E-state index < -0.39 is 47.3 Å². The molecule has 0 aliphatic carbocycles. The van der Waals surface area contributed by atoms with Gasteiger partial charge < -0.3 is 14.8 Å². The molecule has 0 bridgehead atoms. The van der Waals surface area contributed by atoms with E-state index in [1.165, 1.54) is 11.0 Å². The summed E-state index contributed by atoms with van der Waals surface area (Å²) >= 11 is 0. The summed E-state index contributed by atoms with van der Waals surface area (Å²) in [5.41, 5.74) is -5.66. The van der Waals surface area contributed by atoms with E-state index in [9.17, 15) is 35.9 Å². The summed E-state index contributed by atoms with van der Waals surface area (Å²) in [4.78, 5) is 25.2. The normalized spacial score (nSPS) is 18.6. The largest absolute Gasteiger partial charge is 0.493 e. The molecule has 0 unspecified atom stereocenters. The third kappa shape index (κ3) is 5.47. The number of nitrogens with one attached hydrogen (secondary N) is 1. The van der Waals surface area contributed by atoms with Crippen LogP contribution in [0.15, 0.2) is 12.1 Å². The van der Waals surface area contributed by atoms with Crippen LogP contribution < -0.4 is 14.8 Å². The van der Waals surface area contributed by atoms with Crippen molar-refractivity contribution < 1.29 is 45.4 Å². The molecular weight excluding hydrogens is 506 g/mol. The Kier molecular flexibility index (Phi) is 8.28. The quantitative estimate of drug-likeness (QED) is 0.212. The monoisotopic (exact) mass is 538 g/mol. The molecule has 37 heavy (non-hydrogen) atoms. The average molecular weight is 539 g/mol. The molecule has 1 N–H and O–H groups in total. The molecule has 3 rings (SSSR count). The molecule has 1 fully saturated rings. The van der Waals surface area contributed by atoms with Crippen LogP contribution in [0, 0.1) is 0 Å². The van der Waals surface area contributed by atoms with Gasteiger partial charge in [0.25, 0.3) is 5.91 Å². The highest BCUT2D eigenvalue weighted by atomic mass is 19.4. The minimum absolute atomic E-state index is 0.212. The van der Waals surface area contributed by atoms with Crippen LogP contribution in [-0.2, 0) is 16.6 Å². The lowest BCUT2D eigenvalue weighted by Crippen LogP contribution is -2.55. The second-order valence-electron chi connectivity index (χ2n) is 9.99. The molecule has 2 heterocycles. The number of nitrogens with zero attached hydrogens (tertiary/aromatic N) is 1. The van der Waals surface area contributed by atoms with Crippen molar-refractivity contribution in [2.75, 3.05) is 19.8 Å². The summed E-state index contributed by atoms with van der Waals surface area (Å²) < 4.78 is 92.8. The highest BCUT2D eigenvalue weighted by molar-refractivity contribution is 6.06. The minimum Gasteiger partial charge on any atom is -0.493 e. The molecule has 0 radical (unpaired) electrons. The van der Waals surface area contributed by atoms with Gasteiger partial charge >= 0.3 is 18.4 Å². The Morgan fingerprint density at radius 1 is 1.00 bits per heavy atom. The topological polar surface area (TPSA) is 67.9 Å². The van der Waals surface area contributed by atoms with Gasteiger partial charge in [-0.3, -0.25) is 9.69 Å². The third-order valence-corrected chi connectivity index (χ3v) is 6.81. The van der Waals surface area contributed by atoms with E-state index in [0.29, 0.717) is 25.8 Å². The number of halogens is 6. The van der Waals surface area contributed by atoms with Gasteiger partial charge in [-0.2, -0.15) is 26.3 Å². The lowest BCUT2D eigenvalue weighted by Gasteiger charge is -2.32. The van der Waals surface area contributed by atoms with Crippen molar-refractivity contribution in [2.45, 2.75) is 89.0 Å². The van der Waals surface area contributed by atoms with Gasteiger partial charge in [-0.15, -0.1) is 0 Å². The number of rotatable bonds is 11. The highest BCUT2D eigenvalue weighted by Crippen LogP contribution is 2.59. The van der Waals surface area contributed by atoms with Gasteiger partial charge in [-0.25, -0.2) is 4.79 Å². The van der Waals surface area contributed by atoms with Crippen LogP contribution in [-0.4, -0.2) is 54.5 Å². The van der Waals surface area contributed by atoms with Gasteiger partial charge in [-0.05, 0) is 39.2 Å². The van der Waals surface area contributed by atoms with E-state index >= 15 is 0 Å². The van der Waals surface area contributed by atoms with Crippen molar-refractivity contribution in [1.82, 2.24) is 10.2 Å². The van der Waals surface area contributed by atoms with Crippen molar-refractivity contribution in [3.8, 4) is 11.5 Å². The lowest BCUT2D eigenvalue weighted by atomic mass is 9.80. The standard InChI is InChI=1S/C25H32F6N2O4/c1-4-10-16-18(12-11-17-19(16)37-15-23(17,24(26,27)28)25(29,30)31)36-14-9-7-5-6-8-13-33-20(34)22(2,3)32-21(33)35/h11-12H,4-10,13-15H2,1-3H3,(H,32,35). The fourth-order valence-corrected chi connectivity index (χ4v) is 4.73. The second-order valence-corrected chi connectivity index (χ2v) is 9.99. The Morgan fingerprint density at radius 2 is 1.62 bits per heavy atom. The summed E-state index contributed by atoms with van der Waals surface area (Å²) in [5, 5.41) is 2.63. The van der Waals surface area contributed by atoms with Crippen molar-refractivity contribution in [2.24, 2.45) is 0 Å². The summed E-state index contributed by atoms with van der Waals surface area (Å²) in [6.07, 6.45) is -6.81. The molecule has 12 heteroatoms. The smallest absolute Gasteiger partial charge is 0.410 e. The van der Waals surface area contributed by atoms with Gasteiger partial charge in [0.1, 0.15) is 23.6 Å². The van der Waals surface area contributed by atoms with Crippen molar-refractivity contribution in [1.29, 1.82) is 0 Å². The molecule has 1 saturated heterocycles. The van der Waals surface area contributed by atoms with E-state index in [2.05, 4.69) is 5.32 Å². The molecule has 1 aromatic rings. The molecule has 0 atom stereocenters. The third-order valence-electron chi connectivity index (χ3n) is 6.81. The molecule has 208 valence electrons. The van der Waals surface area contributed by atoms with Crippen LogP contribution in [0.2, 0.25) is 0 Å². The lowest BCUT2D eigenvalue weighted by molar-refractivity contribution is -0.303. The maximum atomic E-state index is 13.7. The number of carbonyl (C=O) groups excluding carboxylic acids is 2. The van der Waals surface area contributed by atoms with Gasteiger partial charge in [0.05, 0.1) is 6.61 Å². The van der Waals surface area contributed by atoms with Crippen LogP contribution in [0.1, 0.15) is 70.4 Å². The molecule has 6 nitrogen and oxygen atoms in total. The molecular formula is C25H32F6N2O4. The van der Waals surface area contributed by atoms with Crippen LogP contribution in [0.25, 0.3) is 0 Å². The fourth-order valence-electron chi connectivity index (χ4n) is 4.73. The maximum absolute atomic E-state index is 13.7. The number of unbranched alkanes of at least 4 members (excludes halogenated alkanes) is 4. The first-order valence-corrected chi connectivity index (χ1v) is 12.4. The Balaban J connectivity index is 1.54. The van der Waals surface area contributed by atoms with Gasteiger partial charge in [0, 0.05) is 17.7 Å². The zero-order valence-electron chi connectivity index (χ0n) is 21.1. The van der Waals surface area contributed by atoms with E-state index in [1.54, 1.807) is 20.8 Å². The first kappa shape index (κ1) is 28.9. The van der Waals surface area contributed by atoms with Crippen molar-refractivity contribution in [3.63, 3.8) is 0 Å². The summed E-state index contributed by atoms with van der Waals surface area (Å²) in [7, 11) is 0. The Morgan fingerprint density at radius 3 is 2.19 bits per heavy atom. The number of hydrogen-bond donors (Lipinski definition) is 1. The molecule has 0 saturated carbocycles. The molecule has 2 aliphatic rings. The van der Waals surface area contributed by atoms with Gasteiger partial charge in [0.2, 0.25) is 5.41 Å². The minimum atomic E-state index is -5.57. The second kappa shape index (κ2) is 10.6. The predicted octanol–water partition coefficient (Wildman–Crippen LogP) is 6.05. The maximum Gasteiger partial charge on any atom is 0.410 e. The number of hydrogen-bond acceptors (Lipinski definition) is 4. The van der Waals surface area contributed by atoms with Gasteiger partial charge in [-0.1, -0.05) is 38.7 Å². The van der Waals surface area contributed by atoms with E-state index in [-0.39, 0.29) is 30.2 Å². The SMILES string of the molecule is CCCc1c(OCCCCCCCN2C(=O)NC(C)(C)C2=O)ccc2c1OCC2(C(F)(F)F)C(F)(F)F. The Hall–Kier alpha value is -2.66. The molecule has 2 aliphatic heterocycles. The summed E-state index contributed by atoms with van der Waals surface area (Å²) in [6.45, 7) is 4.08. The first-order chi connectivity index (χ1) is 17.2. The van der Waals surface area contributed by atoms with Gasteiger partial charge in [0.15, 0.2) is 0 Å². The number of benzene rings is 1. The van der Waals surface area contributed by atoms with Crippen LogP contribution in [0.4, 0.5) is 31.1 Å². The number of alkyl halides is 6. The number of carbonyl (C=O) groups is 2. The number of urea groups is 1. The molecule has 3 amide bonds. The van der Waals surface area contributed by atoms with E-state index in [0.717, 1.165) is 25.3 Å². The molecule has 0 aromatic heterocycles. The van der Waals surface area contributed by atoms with E-state index in [4.69, 9.17) is 9.47 Å². The highest BCUT2D eigenvalue weighted by Gasteiger charge is 2.75. The fraction of sp³-hybridized carbons (Fsp3) is 0.680. The van der Waals surface area contributed by atoms with Crippen molar-refractivity contribution in [3.05, 3.63) is 23.3 Å². The summed E-state index contributed by atoms with van der Waals surface area (Å²) in [6, 6.07) is 1.59. The zero-order chi connectivity index (χ0) is 27.6. The summed E-state index contributed by atoms with van der Waals surface area (Å²) in [5.74, 6) is -0.422.